The van der Waals surface area contributed by atoms with Gasteiger partial charge in [0.1, 0.15) is 0 Å². The van der Waals surface area contributed by atoms with E-state index in [4.69, 9.17) is 0 Å². The zero-order chi connectivity index (χ0) is 16.6. The molecule has 5 rings (SSSR count). The number of aromatic nitrogens is 6. The molecule has 0 aliphatic heterocycles. The molecule has 0 aromatic carbocycles. The van der Waals surface area contributed by atoms with Crippen molar-refractivity contribution in [1.29, 1.82) is 0 Å². The van der Waals surface area contributed by atoms with Crippen LogP contribution in [0.4, 0.5) is 5.95 Å². The van der Waals surface area contributed by atoms with Crippen LogP contribution in [-0.2, 0) is 0 Å². The Bertz CT molecular complexity index is 1030. The van der Waals surface area contributed by atoms with Crippen molar-refractivity contribution in [3.63, 3.8) is 0 Å². The molecule has 7 nitrogen and oxygen atoms in total. The first-order valence-corrected chi connectivity index (χ1v) is 8.78. The number of anilines is 1. The molecule has 1 N–H and O–H groups in total. The van der Waals surface area contributed by atoms with E-state index in [2.05, 4.69) is 25.5 Å². The Morgan fingerprint density at radius 3 is 2.76 bits per heavy atom. The average Bonchev–Trinajstić information content (AvgIpc) is 3.28. The molecule has 0 spiro atoms. The van der Waals surface area contributed by atoms with Crippen LogP contribution in [0.1, 0.15) is 32.1 Å². The summed E-state index contributed by atoms with van der Waals surface area (Å²) in [6, 6.07) is 6.46. The van der Waals surface area contributed by atoms with Crippen LogP contribution >= 0.6 is 0 Å². The van der Waals surface area contributed by atoms with Crippen molar-refractivity contribution in [2.75, 3.05) is 5.32 Å². The maximum absolute atomic E-state index is 4.62. The average molecular weight is 333 g/mol. The minimum absolute atomic E-state index is 0.492. The standard InChI is InChI=1S/C18H19N7/c1-2-4-13(5-3-1)21-18-20-12-16-14(8-10-24(16)23-18)15-6-7-17-19-9-11-25(17)22-15/h6-13H,1-5H2,(H,21,23). The molecule has 1 aliphatic rings. The Hall–Kier alpha value is -2.96. The van der Waals surface area contributed by atoms with E-state index >= 15 is 0 Å². The smallest absolute Gasteiger partial charge is 0.241 e. The summed E-state index contributed by atoms with van der Waals surface area (Å²) in [7, 11) is 0. The van der Waals surface area contributed by atoms with Crippen molar-refractivity contribution in [3.8, 4) is 11.3 Å². The van der Waals surface area contributed by atoms with Gasteiger partial charge in [-0.25, -0.2) is 19.0 Å². The number of nitrogens with one attached hydrogen (secondary N) is 1. The third-order valence-corrected chi connectivity index (χ3v) is 4.89. The summed E-state index contributed by atoms with van der Waals surface area (Å²) < 4.78 is 3.64. The minimum Gasteiger partial charge on any atom is -0.350 e. The second-order valence-electron chi connectivity index (χ2n) is 6.57. The van der Waals surface area contributed by atoms with Gasteiger partial charge in [0, 0.05) is 30.2 Å². The first-order chi connectivity index (χ1) is 12.4. The van der Waals surface area contributed by atoms with E-state index in [0.29, 0.717) is 12.0 Å². The van der Waals surface area contributed by atoms with Crippen LogP contribution in [-0.4, -0.2) is 35.2 Å². The van der Waals surface area contributed by atoms with Crippen LogP contribution in [0, 0.1) is 0 Å². The van der Waals surface area contributed by atoms with Gasteiger partial charge >= 0.3 is 0 Å². The fraction of sp³-hybridized carbons (Fsp3) is 0.333. The number of hydrogen-bond donors (Lipinski definition) is 1. The van der Waals surface area contributed by atoms with Gasteiger partial charge in [-0.05, 0) is 31.0 Å². The van der Waals surface area contributed by atoms with Crippen molar-refractivity contribution in [2.45, 2.75) is 38.1 Å². The molecule has 25 heavy (non-hydrogen) atoms. The maximum Gasteiger partial charge on any atom is 0.241 e. The number of hydrogen-bond acceptors (Lipinski definition) is 5. The van der Waals surface area contributed by atoms with Crippen molar-refractivity contribution in [3.05, 3.63) is 43.0 Å². The Morgan fingerprint density at radius 1 is 0.920 bits per heavy atom. The molecule has 0 saturated heterocycles. The van der Waals surface area contributed by atoms with Gasteiger partial charge in [-0.3, -0.25) is 0 Å². The zero-order valence-electron chi connectivity index (χ0n) is 13.8. The molecule has 4 aromatic rings. The Kier molecular flexibility index (Phi) is 3.36. The van der Waals surface area contributed by atoms with Crippen molar-refractivity contribution in [1.82, 2.24) is 29.2 Å². The fourth-order valence-corrected chi connectivity index (χ4v) is 3.57. The molecule has 0 unspecified atom stereocenters. The van der Waals surface area contributed by atoms with E-state index in [0.717, 1.165) is 22.4 Å². The van der Waals surface area contributed by atoms with Crippen LogP contribution in [0.2, 0.25) is 0 Å². The van der Waals surface area contributed by atoms with Crippen LogP contribution in [0.5, 0.6) is 0 Å². The molecular weight excluding hydrogens is 314 g/mol. The third-order valence-electron chi connectivity index (χ3n) is 4.89. The molecule has 1 saturated carbocycles. The van der Waals surface area contributed by atoms with Gasteiger partial charge < -0.3 is 5.32 Å². The molecule has 126 valence electrons. The van der Waals surface area contributed by atoms with Crippen molar-refractivity contribution in [2.24, 2.45) is 0 Å². The molecule has 7 heteroatoms. The highest BCUT2D eigenvalue weighted by Crippen LogP contribution is 2.24. The lowest BCUT2D eigenvalue weighted by atomic mass is 9.96. The Balaban J connectivity index is 1.48. The van der Waals surface area contributed by atoms with Crippen LogP contribution in [0.15, 0.2) is 43.0 Å². The summed E-state index contributed by atoms with van der Waals surface area (Å²) in [6.07, 6.45) is 13.7. The van der Waals surface area contributed by atoms with E-state index < -0.39 is 0 Å². The Labute approximate surface area is 144 Å². The summed E-state index contributed by atoms with van der Waals surface area (Å²) in [4.78, 5) is 8.75. The molecule has 4 heterocycles. The summed E-state index contributed by atoms with van der Waals surface area (Å²) in [5.41, 5.74) is 3.67. The molecule has 0 bridgehead atoms. The molecule has 1 aliphatic carbocycles. The highest BCUT2D eigenvalue weighted by atomic mass is 15.3. The minimum atomic E-state index is 0.492. The van der Waals surface area contributed by atoms with Crippen LogP contribution < -0.4 is 5.32 Å². The summed E-state index contributed by atoms with van der Waals surface area (Å²) in [5.74, 6) is 0.694. The summed E-state index contributed by atoms with van der Waals surface area (Å²) >= 11 is 0. The van der Waals surface area contributed by atoms with Crippen molar-refractivity contribution < 1.29 is 0 Å². The molecule has 0 atom stereocenters. The van der Waals surface area contributed by atoms with Gasteiger partial charge in [-0.2, -0.15) is 5.10 Å². The van der Waals surface area contributed by atoms with E-state index in [9.17, 15) is 0 Å². The van der Waals surface area contributed by atoms with Gasteiger partial charge in [0.25, 0.3) is 0 Å². The number of fused-ring (bicyclic) bond motifs is 2. The predicted octanol–water partition coefficient (Wildman–Crippen LogP) is 3.18. The molecular formula is C18H19N7. The second-order valence-corrected chi connectivity index (χ2v) is 6.57. The van der Waals surface area contributed by atoms with Gasteiger partial charge in [-0.1, -0.05) is 19.3 Å². The van der Waals surface area contributed by atoms with Gasteiger partial charge in [0.15, 0.2) is 5.65 Å². The van der Waals surface area contributed by atoms with E-state index in [-0.39, 0.29) is 0 Å². The van der Waals surface area contributed by atoms with Crippen molar-refractivity contribution >= 4 is 17.1 Å². The summed E-state index contributed by atoms with van der Waals surface area (Å²) in [6.45, 7) is 0. The third kappa shape index (κ3) is 2.61. The van der Waals surface area contributed by atoms with E-state index in [1.165, 1.54) is 32.1 Å². The van der Waals surface area contributed by atoms with E-state index in [1.54, 1.807) is 10.7 Å². The topological polar surface area (TPSA) is 72.4 Å². The highest BCUT2D eigenvalue weighted by molar-refractivity contribution is 5.78. The first-order valence-electron chi connectivity index (χ1n) is 8.78. The molecule has 0 radical (unpaired) electrons. The molecule has 0 amide bonds. The molecule has 1 fully saturated rings. The lowest BCUT2D eigenvalue weighted by molar-refractivity contribution is 0.460. The quantitative estimate of drug-likeness (QED) is 0.623. The summed E-state index contributed by atoms with van der Waals surface area (Å²) in [5, 5.41) is 12.7. The number of rotatable bonds is 3. The van der Waals surface area contributed by atoms with Crippen LogP contribution in [0.25, 0.3) is 22.4 Å². The SMILES string of the molecule is c1cn2nc(-c3ccn4nc(NC5CCCCC5)ncc34)ccc2n1. The first kappa shape index (κ1) is 14.4. The monoisotopic (exact) mass is 333 g/mol. The molecule has 4 aromatic heterocycles. The van der Waals surface area contributed by atoms with Gasteiger partial charge in [0.2, 0.25) is 5.95 Å². The van der Waals surface area contributed by atoms with Gasteiger partial charge in [0.05, 0.1) is 17.4 Å². The van der Waals surface area contributed by atoms with Gasteiger partial charge in [-0.15, -0.1) is 5.10 Å². The number of imidazole rings is 1. The van der Waals surface area contributed by atoms with E-state index in [1.807, 2.05) is 41.3 Å². The highest BCUT2D eigenvalue weighted by Gasteiger charge is 2.15. The maximum atomic E-state index is 4.62. The predicted molar refractivity (Wildman–Crippen MR) is 95.5 cm³/mol. The number of nitrogens with zero attached hydrogens (tertiary/aromatic N) is 6. The Morgan fingerprint density at radius 2 is 1.84 bits per heavy atom. The normalized spacial score (nSPS) is 15.8. The zero-order valence-corrected chi connectivity index (χ0v) is 13.8. The largest absolute Gasteiger partial charge is 0.350 e. The van der Waals surface area contributed by atoms with Crippen LogP contribution in [0.3, 0.4) is 0 Å². The second kappa shape index (κ2) is 5.84. The fourth-order valence-electron chi connectivity index (χ4n) is 3.57. The lowest BCUT2D eigenvalue weighted by Crippen LogP contribution is -2.23. The lowest BCUT2D eigenvalue weighted by Gasteiger charge is -2.22.